The third-order valence-corrected chi connectivity index (χ3v) is 3.91. The van der Waals surface area contributed by atoms with Crippen molar-refractivity contribution >= 4 is 28.9 Å². The number of carbonyl (C=O) groups is 1. The minimum Gasteiger partial charge on any atom is -0.355 e. The second-order valence-corrected chi connectivity index (χ2v) is 5.99. The van der Waals surface area contributed by atoms with Crippen molar-refractivity contribution in [2.75, 3.05) is 5.32 Å². The molecule has 0 aliphatic carbocycles. The molecule has 0 aliphatic heterocycles. The van der Waals surface area contributed by atoms with Gasteiger partial charge in [-0.1, -0.05) is 23.7 Å². The molecule has 1 heterocycles. The first-order valence-electron chi connectivity index (χ1n) is 7.90. The fourth-order valence-corrected chi connectivity index (χ4v) is 2.43. The van der Waals surface area contributed by atoms with Crippen LogP contribution in [0.25, 0.3) is 0 Å². The molecule has 2 aromatic carbocycles. The Kier molecular flexibility index (Phi) is 5.47. The van der Waals surface area contributed by atoms with Crippen LogP contribution in [0.15, 0.2) is 66.9 Å². The van der Waals surface area contributed by atoms with Gasteiger partial charge in [-0.25, -0.2) is 0 Å². The van der Waals surface area contributed by atoms with Gasteiger partial charge in [-0.15, -0.1) is 0 Å². The third-order valence-electron chi connectivity index (χ3n) is 3.66. The summed E-state index contributed by atoms with van der Waals surface area (Å²) in [4.78, 5) is 16.4. The van der Waals surface area contributed by atoms with Crippen LogP contribution in [-0.4, -0.2) is 10.9 Å². The van der Waals surface area contributed by atoms with Crippen molar-refractivity contribution in [1.29, 1.82) is 5.26 Å². The number of nitriles is 1. The van der Waals surface area contributed by atoms with Crippen LogP contribution in [0, 0.1) is 11.3 Å². The van der Waals surface area contributed by atoms with Gasteiger partial charge in [0.05, 0.1) is 11.6 Å². The van der Waals surface area contributed by atoms with Gasteiger partial charge in [-0.3, -0.25) is 9.78 Å². The van der Waals surface area contributed by atoms with Crippen LogP contribution in [0.5, 0.6) is 0 Å². The number of hydrogen-bond donors (Lipinski definition) is 2. The number of aromatic nitrogens is 1. The summed E-state index contributed by atoms with van der Waals surface area (Å²) in [6.07, 6.45) is 1.57. The highest BCUT2D eigenvalue weighted by atomic mass is 35.5. The maximum atomic E-state index is 12.3. The predicted molar refractivity (Wildman–Crippen MR) is 101 cm³/mol. The zero-order valence-electron chi connectivity index (χ0n) is 13.7. The number of carbonyl (C=O) groups excluding carboxylic acids is 1. The van der Waals surface area contributed by atoms with E-state index in [2.05, 4.69) is 21.7 Å². The van der Waals surface area contributed by atoms with Crippen LogP contribution in [0.1, 0.15) is 21.6 Å². The van der Waals surface area contributed by atoms with Gasteiger partial charge in [-0.05, 0) is 54.1 Å². The zero-order valence-corrected chi connectivity index (χ0v) is 14.5. The number of rotatable bonds is 5. The fourth-order valence-electron chi connectivity index (χ4n) is 2.30. The molecule has 2 N–H and O–H groups in total. The Labute approximate surface area is 156 Å². The monoisotopic (exact) mass is 362 g/mol. The van der Waals surface area contributed by atoms with E-state index in [-0.39, 0.29) is 5.91 Å². The molecule has 1 aromatic heterocycles. The number of anilines is 2. The standard InChI is InChI=1S/C20H15ClN4O/c21-16-5-1-15(2-6-16)13-24-20(26)19-11-18(9-10-23-19)25-17-7-3-14(12-22)4-8-17/h1-11H,13H2,(H,23,25)(H,24,26). The second kappa shape index (κ2) is 8.15. The van der Waals surface area contributed by atoms with Crippen LogP contribution in [0.2, 0.25) is 5.02 Å². The summed E-state index contributed by atoms with van der Waals surface area (Å²) in [5.41, 5.74) is 3.42. The summed E-state index contributed by atoms with van der Waals surface area (Å²) < 4.78 is 0. The average Bonchev–Trinajstić information content (AvgIpc) is 2.68. The first-order chi connectivity index (χ1) is 12.6. The van der Waals surface area contributed by atoms with Crippen LogP contribution < -0.4 is 10.6 Å². The Balaban J connectivity index is 1.64. The van der Waals surface area contributed by atoms with Gasteiger partial charge in [0.25, 0.3) is 5.91 Å². The molecular formula is C20H15ClN4O. The largest absolute Gasteiger partial charge is 0.355 e. The number of amides is 1. The summed E-state index contributed by atoms with van der Waals surface area (Å²) >= 11 is 5.85. The molecule has 0 atom stereocenters. The summed E-state index contributed by atoms with van der Waals surface area (Å²) in [6.45, 7) is 0.394. The van der Waals surface area contributed by atoms with Crippen molar-refractivity contribution in [2.24, 2.45) is 0 Å². The molecule has 0 bridgehead atoms. The van der Waals surface area contributed by atoms with E-state index in [9.17, 15) is 4.79 Å². The van der Waals surface area contributed by atoms with Crippen LogP contribution >= 0.6 is 11.6 Å². The van der Waals surface area contributed by atoms with Crippen molar-refractivity contribution < 1.29 is 4.79 Å². The van der Waals surface area contributed by atoms with E-state index in [4.69, 9.17) is 16.9 Å². The highest BCUT2D eigenvalue weighted by Gasteiger charge is 2.08. The molecule has 26 heavy (non-hydrogen) atoms. The molecule has 3 rings (SSSR count). The predicted octanol–water partition coefficient (Wildman–Crippen LogP) is 4.28. The number of halogens is 1. The van der Waals surface area contributed by atoms with E-state index in [1.165, 1.54) is 0 Å². The molecule has 5 nitrogen and oxygen atoms in total. The molecule has 128 valence electrons. The molecule has 0 radical (unpaired) electrons. The van der Waals surface area contributed by atoms with Gasteiger partial charge in [0.2, 0.25) is 0 Å². The molecule has 6 heteroatoms. The molecule has 0 aliphatic rings. The van der Waals surface area contributed by atoms with E-state index >= 15 is 0 Å². The Morgan fingerprint density at radius 2 is 1.77 bits per heavy atom. The number of hydrogen-bond acceptors (Lipinski definition) is 4. The van der Waals surface area contributed by atoms with Gasteiger partial charge < -0.3 is 10.6 Å². The first kappa shape index (κ1) is 17.5. The maximum absolute atomic E-state index is 12.3. The lowest BCUT2D eigenvalue weighted by molar-refractivity contribution is 0.0946. The summed E-state index contributed by atoms with van der Waals surface area (Å²) in [7, 11) is 0. The van der Waals surface area contributed by atoms with E-state index in [1.54, 1.807) is 54.7 Å². The summed E-state index contributed by atoms with van der Waals surface area (Å²) in [6, 6.07) is 19.9. The molecule has 0 saturated carbocycles. The normalized spacial score (nSPS) is 10.0. The van der Waals surface area contributed by atoms with Gasteiger partial charge in [-0.2, -0.15) is 5.26 Å². The van der Waals surface area contributed by atoms with Crippen molar-refractivity contribution in [3.05, 3.63) is 88.7 Å². The van der Waals surface area contributed by atoms with Crippen LogP contribution in [0.3, 0.4) is 0 Å². The van der Waals surface area contributed by atoms with Gasteiger partial charge >= 0.3 is 0 Å². The third kappa shape index (κ3) is 4.59. The Bertz CT molecular complexity index is 947. The van der Waals surface area contributed by atoms with Crippen LogP contribution in [0.4, 0.5) is 11.4 Å². The fraction of sp³-hybridized carbons (Fsp3) is 0.0500. The van der Waals surface area contributed by atoms with E-state index in [0.29, 0.717) is 22.8 Å². The quantitative estimate of drug-likeness (QED) is 0.710. The number of benzene rings is 2. The molecule has 0 unspecified atom stereocenters. The Hall–Kier alpha value is -3.36. The maximum Gasteiger partial charge on any atom is 0.270 e. The smallest absolute Gasteiger partial charge is 0.270 e. The summed E-state index contributed by atoms with van der Waals surface area (Å²) in [5, 5.41) is 15.5. The molecule has 3 aromatic rings. The summed E-state index contributed by atoms with van der Waals surface area (Å²) in [5.74, 6) is -0.261. The average molecular weight is 363 g/mol. The molecule has 0 fully saturated rings. The van der Waals surface area contributed by atoms with Gasteiger partial charge in [0.1, 0.15) is 5.69 Å². The van der Waals surface area contributed by atoms with Crippen LogP contribution in [-0.2, 0) is 6.54 Å². The van der Waals surface area contributed by atoms with Gasteiger partial charge in [0.15, 0.2) is 0 Å². The minimum absolute atomic E-state index is 0.261. The van der Waals surface area contributed by atoms with Crippen molar-refractivity contribution in [2.45, 2.75) is 6.54 Å². The van der Waals surface area contributed by atoms with E-state index in [0.717, 1.165) is 16.9 Å². The molecule has 0 spiro atoms. The Morgan fingerprint density at radius 1 is 1.04 bits per heavy atom. The number of nitrogens with one attached hydrogen (secondary N) is 2. The van der Waals surface area contributed by atoms with Gasteiger partial charge in [0, 0.05) is 29.1 Å². The Morgan fingerprint density at radius 3 is 2.46 bits per heavy atom. The van der Waals surface area contributed by atoms with Crippen molar-refractivity contribution in [3.8, 4) is 6.07 Å². The lowest BCUT2D eigenvalue weighted by Gasteiger charge is -2.09. The number of nitrogens with zero attached hydrogens (tertiary/aromatic N) is 2. The first-order valence-corrected chi connectivity index (χ1v) is 8.28. The molecule has 0 saturated heterocycles. The lowest BCUT2D eigenvalue weighted by atomic mass is 10.2. The molecule has 1 amide bonds. The SMILES string of the molecule is N#Cc1ccc(Nc2ccnc(C(=O)NCc3ccc(Cl)cc3)c2)cc1. The zero-order chi connectivity index (χ0) is 18.4. The number of pyridine rings is 1. The van der Waals surface area contributed by atoms with E-state index < -0.39 is 0 Å². The minimum atomic E-state index is -0.261. The van der Waals surface area contributed by atoms with Crippen molar-refractivity contribution in [3.63, 3.8) is 0 Å². The van der Waals surface area contributed by atoms with E-state index in [1.807, 2.05) is 12.1 Å². The second-order valence-electron chi connectivity index (χ2n) is 5.55. The topological polar surface area (TPSA) is 77.8 Å². The molecular weight excluding hydrogens is 348 g/mol. The lowest BCUT2D eigenvalue weighted by Crippen LogP contribution is -2.23. The van der Waals surface area contributed by atoms with Crippen molar-refractivity contribution in [1.82, 2.24) is 10.3 Å². The highest BCUT2D eigenvalue weighted by Crippen LogP contribution is 2.17. The highest BCUT2D eigenvalue weighted by molar-refractivity contribution is 6.30.